The minimum atomic E-state index is 0.0718. The number of nitrogens with zero attached hydrogens (tertiary/aromatic N) is 1. The number of aromatic amines is 1. The maximum atomic E-state index is 12.0. The molecule has 1 amide bonds. The summed E-state index contributed by atoms with van der Waals surface area (Å²) in [5.41, 5.74) is 3.64. The topological polar surface area (TPSA) is 48.1 Å². The normalized spacial score (nSPS) is 11.2. The number of rotatable bonds is 7. The zero-order valence-corrected chi connectivity index (χ0v) is 14.0. The molecule has 0 saturated heterocycles. The number of para-hydroxylation sites is 1. The van der Waals surface area contributed by atoms with Crippen molar-refractivity contribution in [2.45, 2.75) is 13.0 Å². The fraction of sp³-hybridized carbons (Fsp3) is 0.278. The molecule has 3 aromatic rings. The van der Waals surface area contributed by atoms with E-state index in [1.54, 1.807) is 11.3 Å². The summed E-state index contributed by atoms with van der Waals surface area (Å²) in [5, 5.41) is 8.41. The number of likely N-dealkylation sites (N-methyl/N-ethyl adjacent to an activating group) is 1. The fourth-order valence-electron chi connectivity index (χ4n) is 2.73. The molecule has 0 saturated carbocycles. The summed E-state index contributed by atoms with van der Waals surface area (Å²) in [5.74, 6) is 0.0718. The second-order valence-electron chi connectivity index (χ2n) is 5.76. The molecule has 5 heteroatoms. The number of nitrogens with one attached hydrogen (secondary N) is 2. The summed E-state index contributed by atoms with van der Waals surface area (Å²) in [4.78, 5) is 17.3. The van der Waals surface area contributed by atoms with E-state index in [-0.39, 0.29) is 5.91 Å². The fourth-order valence-corrected chi connectivity index (χ4v) is 3.39. The van der Waals surface area contributed by atoms with Crippen molar-refractivity contribution in [3.05, 3.63) is 58.4 Å². The van der Waals surface area contributed by atoms with Crippen LogP contribution in [0.3, 0.4) is 0 Å². The smallest absolute Gasteiger partial charge is 0.234 e. The molecule has 2 N–H and O–H groups in total. The van der Waals surface area contributed by atoms with Crippen molar-refractivity contribution in [2.24, 2.45) is 0 Å². The summed E-state index contributed by atoms with van der Waals surface area (Å²) >= 11 is 1.68. The zero-order chi connectivity index (χ0) is 16.1. The third kappa shape index (κ3) is 4.21. The van der Waals surface area contributed by atoms with Crippen LogP contribution in [0.25, 0.3) is 10.9 Å². The molecule has 23 heavy (non-hydrogen) atoms. The summed E-state index contributed by atoms with van der Waals surface area (Å²) in [6.07, 6.45) is 2.86. The predicted octanol–water partition coefficient (Wildman–Crippen LogP) is 3.02. The van der Waals surface area contributed by atoms with Crippen molar-refractivity contribution in [2.75, 3.05) is 20.1 Å². The first-order valence-electron chi connectivity index (χ1n) is 7.73. The van der Waals surface area contributed by atoms with Crippen LogP contribution in [-0.2, 0) is 17.8 Å². The summed E-state index contributed by atoms with van der Waals surface area (Å²) in [6, 6.07) is 10.3. The maximum absolute atomic E-state index is 12.0. The van der Waals surface area contributed by atoms with Gasteiger partial charge in [0.05, 0.1) is 6.54 Å². The van der Waals surface area contributed by atoms with E-state index in [1.165, 1.54) is 16.5 Å². The second-order valence-corrected chi connectivity index (χ2v) is 6.54. The lowest BCUT2D eigenvalue weighted by atomic mass is 10.1. The Morgan fingerprint density at radius 2 is 2.17 bits per heavy atom. The average Bonchev–Trinajstić information content (AvgIpc) is 3.17. The molecule has 120 valence electrons. The quantitative estimate of drug-likeness (QED) is 0.701. The molecule has 0 unspecified atom stereocenters. The van der Waals surface area contributed by atoms with E-state index in [0.29, 0.717) is 13.1 Å². The van der Waals surface area contributed by atoms with E-state index < -0.39 is 0 Å². The van der Waals surface area contributed by atoms with Crippen LogP contribution in [0.5, 0.6) is 0 Å². The van der Waals surface area contributed by atoms with Gasteiger partial charge in [0.2, 0.25) is 5.91 Å². The third-order valence-corrected chi connectivity index (χ3v) is 4.57. The number of fused-ring (bicyclic) bond motifs is 1. The SMILES string of the molecule is CN(CC(=O)NCCc1c[nH]c2ccccc12)Cc1ccsc1. The van der Waals surface area contributed by atoms with E-state index in [0.717, 1.165) is 18.5 Å². The Bertz CT molecular complexity index is 764. The lowest BCUT2D eigenvalue weighted by Gasteiger charge is -2.15. The van der Waals surface area contributed by atoms with Gasteiger partial charge in [-0.1, -0.05) is 18.2 Å². The molecule has 0 spiro atoms. The Balaban J connectivity index is 1.44. The van der Waals surface area contributed by atoms with Gasteiger partial charge in [0, 0.05) is 30.2 Å². The number of thiophene rings is 1. The lowest BCUT2D eigenvalue weighted by molar-refractivity contribution is -0.122. The molecule has 0 fully saturated rings. The van der Waals surface area contributed by atoms with Crippen LogP contribution < -0.4 is 5.32 Å². The highest BCUT2D eigenvalue weighted by Gasteiger charge is 2.08. The van der Waals surface area contributed by atoms with E-state index in [4.69, 9.17) is 0 Å². The van der Waals surface area contributed by atoms with Gasteiger partial charge >= 0.3 is 0 Å². The zero-order valence-electron chi connectivity index (χ0n) is 13.2. The van der Waals surface area contributed by atoms with Crippen molar-refractivity contribution in [1.82, 2.24) is 15.2 Å². The van der Waals surface area contributed by atoms with Gasteiger partial charge in [-0.25, -0.2) is 0 Å². The Morgan fingerprint density at radius 1 is 1.30 bits per heavy atom. The first-order chi connectivity index (χ1) is 11.2. The summed E-state index contributed by atoms with van der Waals surface area (Å²) in [6.45, 7) is 1.88. The van der Waals surface area contributed by atoms with E-state index >= 15 is 0 Å². The second kappa shape index (κ2) is 7.44. The first-order valence-corrected chi connectivity index (χ1v) is 8.68. The summed E-state index contributed by atoms with van der Waals surface area (Å²) in [7, 11) is 1.97. The number of carbonyl (C=O) groups excluding carboxylic acids is 1. The number of hydrogen-bond donors (Lipinski definition) is 2. The molecule has 2 aromatic heterocycles. The van der Waals surface area contributed by atoms with Gasteiger partial charge in [-0.2, -0.15) is 11.3 Å². The van der Waals surface area contributed by atoms with Crippen molar-refractivity contribution < 1.29 is 4.79 Å². The largest absolute Gasteiger partial charge is 0.361 e. The molecule has 0 radical (unpaired) electrons. The Morgan fingerprint density at radius 3 is 3.00 bits per heavy atom. The molecular weight excluding hydrogens is 306 g/mol. The number of carbonyl (C=O) groups is 1. The Labute approximate surface area is 140 Å². The van der Waals surface area contributed by atoms with E-state index in [9.17, 15) is 4.79 Å². The number of H-pyrrole nitrogens is 1. The minimum absolute atomic E-state index is 0.0718. The van der Waals surface area contributed by atoms with E-state index in [1.807, 2.05) is 30.3 Å². The van der Waals surface area contributed by atoms with Gasteiger partial charge in [0.15, 0.2) is 0 Å². The molecule has 0 bridgehead atoms. The van der Waals surface area contributed by atoms with Crippen molar-refractivity contribution >= 4 is 28.1 Å². The number of benzene rings is 1. The third-order valence-electron chi connectivity index (χ3n) is 3.84. The molecule has 3 rings (SSSR count). The molecular formula is C18H21N3OS. The lowest BCUT2D eigenvalue weighted by Crippen LogP contribution is -2.35. The highest BCUT2D eigenvalue weighted by atomic mass is 32.1. The van der Waals surface area contributed by atoms with Crippen molar-refractivity contribution in [3.8, 4) is 0 Å². The Kier molecular flexibility index (Phi) is 5.10. The summed E-state index contributed by atoms with van der Waals surface area (Å²) < 4.78 is 0. The molecule has 0 aliphatic carbocycles. The standard InChI is InChI=1S/C18H21N3OS/c1-21(11-14-7-9-23-13-14)12-18(22)19-8-6-15-10-20-17-5-3-2-4-16(15)17/h2-5,7,9-10,13,20H,6,8,11-12H2,1H3,(H,19,22). The van der Waals surface area contributed by atoms with Crippen LogP contribution in [-0.4, -0.2) is 35.9 Å². The van der Waals surface area contributed by atoms with Crippen LogP contribution in [0.15, 0.2) is 47.3 Å². The number of aromatic nitrogens is 1. The Hall–Kier alpha value is -2.11. The van der Waals surface area contributed by atoms with Crippen molar-refractivity contribution in [3.63, 3.8) is 0 Å². The highest BCUT2D eigenvalue weighted by molar-refractivity contribution is 7.07. The van der Waals surface area contributed by atoms with Gasteiger partial charge in [-0.05, 0) is 47.5 Å². The molecule has 0 atom stereocenters. The molecule has 2 heterocycles. The minimum Gasteiger partial charge on any atom is -0.361 e. The van der Waals surface area contributed by atoms with Crippen LogP contribution in [0, 0.1) is 0 Å². The highest BCUT2D eigenvalue weighted by Crippen LogP contribution is 2.17. The van der Waals surface area contributed by atoms with Gasteiger partial charge in [0.25, 0.3) is 0 Å². The van der Waals surface area contributed by atoms with Gasteiger partial charge in [-0.3, -0.25) is 9.69 Å². The van der Waals surface area contributed by atoms with Crippen LogP contribution in [0.1, 0.15) is 11.1 Å². The molecule has 4 nitrogen and oxygen atoms in total. The van der Waals surface area contributed by atoms with Gasteiger partial charge < -0.3 is 10.3 Å². The van der Waals surface area contributed by atoms with Crippen LogP contribution >= 0.6 is 11.3 Å². The maximum Gasteiger partial charge on any atom is 0.234 e. The van der Waals surface area contributed by atoms with Crippen molar-refractivity contribution in [1.29, 1.82) is 0 Å². The van der Waals surface area contributed by atoms with Gasteiger partial charge in [0.1, 0.15) is 0 Å². The molecule has 1 aromatic carbocycles. The van der Waals surface area contributed by atoms with Crippen LogP contribution in [0.2, 0.25) is 0 Å². The first kappa shape index (κ1) is 15.8. The van der Waals surface area contributed by atoms with E-state index in [2.05, 4.69) is 39.3 Å². The molecule has 0 aliphatic heterocycles. The average molecular weight is 327 g/mol. The molecule has 0 aliphatic rings. The predicted molar refractivity (Wildman–Crippen MR) is 95.7 cm³/mol. The van der Waals surface area contributed by atoms with Gasteiger partial charge in [-0.15, -0.1) is 0 Å². The van der Waals surface area contributed by atoms with Crippen LogP contribution in [0.4, 0.5) is 0 Å². The number of amides is 1. The number of hydrogen-bond acceptors (Lipinski definition) is 3. The monoisotopic (exact) mass is 327 g/mol.